The maximum Gasteiger partial charge on any atom is 0.255 e. The van der Waals surface area contributed by atoms with E-state index < -0.39 is 6.04 Å². The average molecular weight is 272 g/mol. The molecule has 5 nitrogen and oxygen atoms in total. The third-order valence-corrected chi connectivity index (χ3v) is 4.03. The molecule has 20 heavy (non-hydrogen) atoms. The van der Waals surface area contributed by atoms with Crippen molar-refractivity contribution < 1.29 is 14.4 Å². The zero-order valence-electron chi connectivity index (χ0n) is 11.3. The number of carbonyl (C=O) groups excluding carboxylic acids is 3. The SMILES string of the molecule is CCN1C(=O)CCC(N2Cc3ccccc3C2=O)C1=O. The van der Waals surface area contributed by atoms with E-state index in [1.54, 1.807) is 17.9 Å². The van der Waals surface area contributed by atoms with Crippen molar-refractivity contribution >= 4 is 17.7 Å². The Labute approximate surface area is 117 Å². The van der Waals surface area contributed by atoms with E-state index in [0.29, 0.717) is 31.5 Å². The monoisotopic (exact) mass is 272 g/mol. The summed E-state index contributed by atoms with van der Waals surface area (Å²) in [7, 11) is 0. The quantitative estimate of drug-likeness (QED) is 0.760. The van der Waals surface area contributed by atoms with Gasteiger partial charge in [0.25, 0.3) is 11.8 Å². The van der Waals surface area contributed by atoms with Crippen molar-refractivity contribution in [2.24, 2.45) is 0 Å². The first-order valence-corrected chi connectivity index (χ1v) is 6.86. The van der Waals surface area contributed by atoms with E-state index in [1.807, 2.05) is 18.2 Å². The predicted octanol–water partition coefficient (Wildman–Crippen LogP) is 1.18. The molecule has 104 valence electrons. The number of hydrogen-bond acceptors (Lipinski definition) is 3. The number of likely N-dealkylation sites (N-methyl/N-ethyl adjacent to an activating group) is 1. The summed E-state index contributed by atoms with van der Waals surface area (Å²) in [4.78, 5) is 39.3. The molecule has 2 aliphatic heterocycles. The summed E-state index contributed by atoms with van der Waals surface area (Å²) in [6.07, 6.45) is 0.748. The lowest BCUT2D eigenvalue weighted by molar-refractivity contribution is -0.151. The molecule has 1 aromatic rings. The van der Waals surface area contributed by atoms with Gasteiger partial charge in [-0.15, -0.1) is 0 Å². The zero-order valence-corrected chi connectivity index (χ0v) is 11.3. The van der Waals surface area contributed by atoms with Crippen molar-refractivity contribution in [2.75, 3.05) is 6.54 Å². The van der Waals surface area contributed by atoms with Gasteiger partial charge in [-0.3, -0.25) is 19.3 Å². The van der Waals surface area contributed by atoms with Gasteiger partial charge in [0.05, 0.1) is 0 Å². The second-order valence-corrected chi connectivity index (χ2v) is 5.12. The summed E-state index contributed by atoms with van der Waals surface area (Å²) in [5.41, 5.74) is 1.62. The number of piperidine rings is 1. The number of fused-ring (bicyclic) bond motifs is 1. The number of rotatable bonds is 2. The van der Waals surface area contributed by atoms with Gasteiger partial charge in [0, 0.05) is 25.1 Å². The first-order chi connectivity index (χ1) is 9.63. The molecular weight excluding hydrogens is 256 g/mol. The molecule has 0 saturated carbocycles. The molecule has 0 aliphatic carbocycles. The Balaban J connectivity index is 1.87. The number of amides is 3. The Morgan fingerprint density at radius 3 is 2.65 bits per heavy atom. The van der Waals surface area contributed by atoms with Crippen molar-refractivity contribution in [3.8, 4) is 0 Å². The van der Waals surface area contributed by atoms with Gasteiger partial charge >= 0.3 is 0 Å². The molecule has 2 heterocycles. The molecule has 1 aromatic carbocycles. The molecular formula is C15H16N2O3. The molecule has 0 spiro atoms. The standard InChI is InChI=1S/C15H16N2O3/c1-2-16-13(18)8-7-12(15(16)20)17-9-10-5-3-4-6-11(10)14(17)19/h3-6,12H,2,7-9H2,1H3. The van der Waals surface area contributed by atoms with Crippen LogP contribution in [0, 0.1) is 0 Å². The molecule has 0 bridgehead atoms. The van der Waals surface area contributed by atoms with E-state index in [0.717, 1.165) is 5.56 Å². The second kappa shape index (κ2) is 4.74. The van der Waals surface area contributed by atoms with E-state index in [9.17, 15) is 14.4 Å². The van der Waals surface area contributed by atoms with Gasteiger partial charge in [-0.05, 0) is 25.0 Å². The Hall–Kier alpha value is -2.17. The van der Waals surface area contributed by atoms with Crippen LogP contribution in [0.2, 0.25) is 0 Å². The highest BCUT2D eigenvalue weighted by Crippen LogP contribution is 2.28. The Morgan fingerprint density at radius 2 is 1.95 bits per heavy atom. The van der Waals surface area contributed by atoms with Gasteiger partial charge in [-0.1, -0.05) is 18.2 Å². The van der Waals surface area contributed by atoms with E-state index in [2.05, 4.69) is 0 Å². The number of carbonyl (C=O) groups is 3. The van der Waals surface area contributed by atoms with Crippen LogP contribution in [0.3, 0.4) is 0 Å². The molecule has 1 atom stereocenters. The van der Waals surface area contributed by atoms with E-state index in [4.69, 9.17) is 0 Å². The molecule has 0 N–H and O–H groups in total. The lowest BCUT2D eigenvalue weighted by Crippen LogP contribution is -2.54. The maximum absolute atomic E-state index is 12.4. The summed E-state index contributed by atoms with van der Waals surface area (Å²) in [5, 5.41) is 0. The molecule has 1 saturated heterocycles. The number of benzene rings is 1. The van der Waals surface area contributed by atoms with Crippen LogP contribution >= 0.6 is 0 Å². The number of imide groups is 1. The molecule has 3 amide bonds. The first-order valence-electron chi connectivity index (χ1n) is 6.86. The Kier molecular flexibility index (Phi) is 3.04. The molecule has 1 unspecified atom stereocenters. The lowest BCUT2D eigenvalue weighted by atomic mass is 10.0. The zero-order chi connectivity index (χ0) is 14.3. The topological polar surface area (TPSA) is 57.7 Å². The summed E-state index contributed by atoms with van der Waals surface area (Å²) < 4.78 is 0. The largest absolute Gasteiger partial charge is 0.322 e. The van der Waals surface area contributed by atoms with Crippen molar-refractivity contribution in [3.05, 3.63) is 35.4 Å². The third kappa shape index (κ3) is 1.81. The highest BCUT2D eigenvalue weighted by Gasteiger charge is 2.41. The number of hydrogen-bond donors (Lipinski definition) is 0. The van der Waals surface area contributed by atoms with Crippen LogP contribution in [0.1, 0.15) is 35.7 Å². The fourth-order valence-corrected chi connectivity index (χ4v) is 2.97. The van der Waals surface area contributed by atoms with E-state index >= 15 is 0 Å². The summed E-state index contributed by atoms with van der Waals surface area (Å²) >= 11 is 0. The van der Waals surface area contributed by atoms with Crippen molar-refractivity contribution in [3.63, 3.8) is 0 Å². The first kappa shape index (κ1) is 12.8. The highest BCUT2D eigenvalue weighted by atomic mass is 16.2. The fraction of sp³-hybridized carbons (Fsp3) is 0.400. The van der Waals surface area contributed by atoms with Gasteiger partial charge < -0.3 is 4.90 Å². The smallest absolute Gasteiger partial charge is 0.255 e. The summed E-state index contributed by atoms with van der Waals surface area (Å²) in [5.74, 6) is -0.493. The predicted molar refractivity (Wildman–Crippen MR) is 71.7 cm³/mol. The summed E-state index contributed by atoms with van der Waals surface area (Å²) in [6, 6.07) is 6.90. The van der Waals surface area contributed by atoms with Crippen LogP contribution in [-0.2, 0) is 16.1 Å². The van der Waals surface area contributed by atoms with Crippen LogP contribution in [0.5, 0.6) is 0 Å². The Morgan fingerprint density at radius 1 is 1.20 bits per heavy atom. The molecule has 3 rings (SSSR count). The summed E-state index contributed by atoms with van der Waals surface area (Å²) in [6.45, 7) is 2.60. The van der Waals surface area contributed by atoms with Gasteiger partial charge in [-0.25, -0.2) is 0 Å². The minimum Gasteiger partial charge on any atom is -0.322 e. The molecule has 0 aromatic heterocycles. The average Bonchev–Trinajstić information content (AvgIpc) is 2.77. The van der Waals surface area contributed by atoms with Gasteiger partial charge in [0.1, 0.15) is 6.04 Å². The van der Waals surface area contributed by atoms with Crippen LogP contribution in [0.25, 0.3) is 0 Å². The number of nitrogens with zero attached hydrogens (tertiary/aromatic N) is 2. The highest BCUT2D eigenvalue weighted by molar-refractivity contribution is 6.05. The normalized spacial score (nSPS) is 22.4. The fourth-order valence-electron chi connectivity index (χ4n) is 2.97. The van der Waals surface area contributed by atoms with E-state index in [-0.39, 0.29) is 17.7 Å². The molecule has 5 heteroatoms. The molecule has 0 radical (unpaired) electrons. The van der Waals surface area contributed by atoms with Crippen molar-refractivity contribution in [1.29, 1.82) is 0 Å². The van der Waals surface area contributed by atoms with Crippen LogP contribution < -0.4 is 0 Å². The molecule has 2 aliphatic rings. The second-order valence-electron chi connectivity index (χ2n) is 5.12. The van der Waals surface area contributed by atoms with Crippen molar-refractivity contribution in [2.45, 2.75) is 32.4 Å². The van der Waals surface area contributed by atoms with Crippen LogP contribution in [-0.4, -0.2) is 40.1 Å². The third-order valence-electron chi connectivity index (χ3n) is 4.03. The van der Waals surface area contributed by atoms with Gasteiger partial charge in [-0.2, -0.15) is 0 Å². The minimum absolute atomic E-state index is 0.107. The van der Waals surface area contributed by atoms with Crippen molar-refractivity contribution in [1.82, 2.24) is 9.80 Å². The minimum atomic E-state index is -0.507. The van der Waals surface area contributed by atoms with E-state index in [1.165, 1.54) is 4.90 Å². The van der Waals surface area contributed by atoms with Gasteiger partial charge in [0.2, 0.25) is 5.91 Å². The number of likely N-dealkylation sites (tertiary alicyclic amines) is 1. The lowest BCUT2D eigenvalue weighted by Gasteiger charge is -2.34. The maximum atomic E-state index is 12.4. The van der Waals surface area contributed by atoms with Crippen LogP contribution in [0.4, 0.5) is 0 Å². The van der Waals surface area contributed by atoms with Gasteiger partial charge in [0.15, 0.2) is 0 Å². The molecule has 1 fully saturated rings. The Bertz CT molecular complexity index is 597. The van der Waals surface area contributed by atoms with Crippen LogP contribution in [0.15, 0.2) is 24.3 Å².